The predicted octanol–water partition coefficient (Wildman–Crippen LogP) is 2.83. The summed E-state index contributed by atoms with van der Waals surface area (Å²) in [6.45, 7) is 1.57. The van der Waals surface area contributed by atoms with Gasteiger partial charge in [0.05, 0.1) is 11.8 Å². The van der Waals surface area contributed by atoms with Gasteiger partial charge in [-0.15, -0.1) is 0 Å². The van der Waals surface area contributed by atoms with E-state index < -0.39 is 15.9 Å². The summed E-state index contributed by atoms with van der Waals surface area (Å²) in [5, 5.41) is 0.843. The topological polar surface area (TPSA) is 96.4 Å². The van der Waals surface area contributed by atoms with Crippen LogP contribution in [0.4, 0.5) is 0 Å². The number of rotatable bonds is 4. The minimum absolute atomic E-state index is 0.0250. The number of fused-ring (bicyclic) bond motifs is 1. The van der Waals surface area contributed by atoms with Crippen LogP contribution in [0.15, 0.2) is 54.7 Å². The number of hydrogen-bond donors (Lipinski definition) is 1. The number of benzene rings is 2. The van der Waals surface area contributed by atoms with Gasteiger partial charge in [-0.2, -0.15) is 0 Å². The molecule has 8 heteroatoms. The van der Waals surface area contributed by atoms with Crippen molar-refractivity contribution in [1.29, 1.82) is 0 Å². The van der Waals surface area contributed by atoms with Gasteiger partial charge in [-0.05, 0) is 60.4 Å². The van der Waals surface area contributed by atoms with Gasteiger partial charge in [0.25, 0.3) is 11.8 Å². The first kappa shape index (κ1) is 20.0. The van der Waals surface area contributed by atoms with E-state index in [1.54, 1.807) is 36.5 Å². The predicted molar refractivity (Wildman–Crippen MR) is 115 cm³/mol. The van der Waals surface area contributed by atoms with E-state index in [0.29, 0.717) is 5.56 Å². The Bertz CT molecular complexity index is 1230. The van der Waals surface area contributed by atoms with Crippen LogP contribution in [0.5, 0.6) is 0 Å². The minimum Gasteiger partial charge on any atom is -0.339 e. The van der Waals surface area contributed by atoms with Crippen LogP contribution in [0.2, 0.25) is 0 Å². The number of carbonyl (C=O) groups is 2. The number of likely N-dealkylation sites (tertiary alicyclic amines) is 1. The Hall–Kier alpha value is -3.26. The Morgan fingerprint density at radius 1 is 0.967 bits per heavy atom. The second kappa shape index (κ2) is 7.87. The highest BCUT2D eigenvalue weighted by Crippen LogP contribution is 2.29. The molecule has 2 aromatic carbocycles. The van der Waals surface area contributed by atoms with Crippen molar-refractivity contribution in [3.63, 3.8) is 0 Å². The molecule has 0 spiro atoms. The van der Waals surface area contributed by atoms with Gasteiger partial charge >= 0.3 is 0 Å². The van der Waals surface area contributed by atoms with Crippen LogP contribution < -0.4 is 4.72 Å². The van der Waals surface area contributed by atoms with Crippen molar-refractivity contribution < 1.29 is 18.0 Å². The van der Waals surface area contributed by atoms with Gasteiger partial charge in [0.1, 0.15) is 0 Å². The minimum atomic E-state index is -3.63. The van der Waals surface area contributed by atoms with Crippen molar-refractivity contribution in [2.75, 3.05) is 19.3 Å². The van der Waals surface area contributed by atoms with E-state index in [1.165, 1.54) is 0 Å². The molecule has 0 atom stereocenters. The molecule has 0 unspecified atom stereocenters. The number of nitrogens with one attached hydrogen (secondary N) is 1. The number of aromatic nitrogens is 1. The van der Waals surface area contributed by atoms with Gasteiger partial charge in [-0.3, -0.25) is 14.6 Å². The average Bonchev–Trinajstić information content (AvgIpc) is 3.26. The van der Waals surface area contributed by atoms with E-state index >= 15 is 0 Å². The van der Waals surface area contributed by atoms with Crippen LogP contribution >= 0.6 is 0 Å². The highest BCUT2D eigenvalue weighted by atomic mass is 32.2. The highest BCUT2D eigenvalue weighted by molar-refractivity contribution is 7.89. The quantitative estimate of drug-likeness (QED) is 0.696. The molecule has 0 aliphatic carbocycles. The van der Waals surface area contributed by atoms with Crippen LogP contribution in [0.3, 0.4) is 0 Å². The fourth-order valence-electron chi connectivity index (χ4n) is 3.66. The molecule has 1 N–H and O–H groups in total. The Morgan fingerprint density at radius 3 is 2.30 bits per heavy atom. The molecule has 0 saturated carbocycles. The Balaban J connectivity index is 1.69. The maximum atomic E-state index is 12.8. The molecule has 0 bridgehead atoms. The summed E-state index contributed by atoms with van der Waals surface area (Å²) < 4.78 is 24.5. The third-order valence-electron chi connectivity index (χ3n) is 5.12. The summed E-state index contributed by atoms with van der Waals surface area (Å²) >= 11 is 0. The molecule has 7 nitrogen and oxygen atoms in total. The van der Waals surface area contributed by atoms with E-state index in [9.17, 15) is 18.0 Å². The second-order valence-corrected chi connectivity index (χ2v) is 9.12. The fourth-order valence-corrected chi connectivity index (χ4v) is 4.12. The summed E-state index contributed by atoms with van der Waals surface area (Å²) in [5.41, 5.74) is 3.36. The van der Waals surface area contributed by atoms with Crippen molar-refractivity contribution in [2.24, 2.45) is 0 Å². The molecule has 154 valence electrons. The van der Waals surface area contributed by atoms with Gasteiger partial charge in [0.15, 0.2) is 0 Å². The van der Waals surface area contributed by atoms with Gasteiger partial charge in [0, 0.05) is 35.8 Å². The summed E-state index contributed by atoms with van der Waals surface area (Å²) in [7, 11) is -3.63. The molecule has 30 heavy (non-hydrogen) atoms. The Morgan fingerprint density at radius 2 is 1.63 bits per heavy atom. The van der Waals surface area contributed by atoms with Crippen LogP contribution in [0.1, 0.15) is 33.6 Å². The molecule has 1 aliphatic rings. The number of pyridine rings is 1. The second-order valence-electron chi connectivity index (χ2n) is 7.37. The summed E-state index contributed by atoms with van der Waals surface area (Å²) in [5.74, 6) is -0.654. The van der Waals surface area contributed by atoms with E-state index in [4.69, 9.17) is 0 Å². The maximum Gasteiger partial charge on any atom is 0.264 e. The summed E-state index contributed by atoms with van der Waals surface area (Å²) in [6.07, 6.45) is 4.70. The molecule has 1 fully saturated rings. The van der Waals surface area contributed by atoms with Crippen LogP contribution in [0.25, 0.3) is 22.0 Å². The van der Waals surface area contributed by atoms with Gasteiger partial charge in [0.2, 0.25) is 10.0 Å². The van der Waals surface area contributed by atoms with Crippen molar-refractivity contribution in [1.82, 2.24) is 14.6 Å². The summed E-state index contributed by atoms with van der Waals surface area (Å²) in [4.78, 5) is 31.1. The number of carbonyl (C=O) groups excluding carboxylic acids is 2. The molecule has 1 aliphatic heterocycles. The number of hydrogen-bond acceptors (Lipinski definition) is 5. The van der Waals surface area contributed by atoms with Crippen LogP contribution in [-0.2, 0) is 10.0 Å². The lowest BCUT2D eigenvalue weighted by atomic mass is 9.98. The first-order valence-corrected chi connectivity index (χ1v) is 11.5. The first-order chi connectivity index (χ1) is 14.3. The summed E-state index contributed by atoms with van der Waals surface area (Å²) in [6, 6.07) is 14.0. The molecule has 4 rings (SSSR count). The zero-order valence-electron chi connectivity index (χ0n) is 16.5. The van der Waals surface area contributed by atoms with Crippen molar-refractivity contribution in [2.45, 2.75) is 12.8 Å². The third-order valence-corrected chi connectivity index (χ3v) is 5.67. The zero-order chi connectivity index (χ0) is 21.3. The maximum absolute atomic E-state index is 12.8. The van der Waals surface area contributed by atoms with E-state index in [1.807, 2.05) is 27.8 Å². The molecule has 0 radical (unpaired) electrons. The van der Waals surface area contributed by atoms with Gasteiger partial charge in [-0.1, -0.05) is 12.1 Å². The average molecular weight is 423 g/mol. The van der Waals surface area contributed by atoms with E-state index in [-0.39, 0.29) is 11.5 Å². The largest absolute Gasteiger partial charge is 0.339 e. The number of nitrogens with zero attached hydrogens (tertiary/aromatic N) is 2. The van der Waals surface area contributed by atoms with Crippen molar-refractivity contribution in [3.8, 4) is 11.1 Å². The van der Waals surface area contributed by atoms with Crippen molar-refractivity contribution in [3.05, 3.63) is 65.9 Å². The SMILES string of the molecule is CS(=O)(=O)NC(=O)c1ccc(-c2ccnc3ccc(C(=O)N4CCCC4)cc23)cc1. The van der Waals surface area contributed by atoms with Crippen LogP contribution in [0, 0.1) is 0 Å². The van der Waals surface area contributed by atoms with Gasteiger partial charge < -0.3 is 4.90 Å². The third kappa shape index (κ3) is 4.18. The molecule has 1 saturated heterocycles. The number of sulfonamides is 1. The Kier molecular flexibility index (Phi) is 5.26. The molecular weight excluding hydrogens is 402 g/mol. The molecular formula is C22H21N3O4S. The van der Waals surface area contributed by atoms with E-state index in [0.717, 1.165) is 54.2 Å². The molecule has 1 aromatic heterocycles. The lowest BCUT2D eigenvalue weighted by Crippen LogP contribution is -2.29. The lowest BCUT2D eigenvalue weighted by molar-refractivity contribution is 0.0792. The number of amides is 2. The zero-order valence-corrected chi connectivity index (χ0v) is 17.3. The molecule has 3 aromatic rings. The highest BCUT2D eigenvalue weighted by Gasteiger charge is 2.20. The first-order valence-electron chi connectivity index (χ1n) is 9.62. The van der Waals surface area contributed by atoms with Crippen LogP contribution in [-0.4, -0.2) is 49.5 Å². The van der Waals surface area contributed by atoms with Gasteiger partial charge in [-0.25, -0.2) is 13.1 Å². The smallest absolute Gasteiger partial charge is 0.264 e. The van der Waals surface area contributed by atoms with Crippen molar-refractivity contribution >= 4 is 32.7 Å². The Labute approximate surface area is 174 Å². The molecule has 2 heterocycles. The standard InChI is InChI=1S/C22H21N3O4S/c1-30(28,29)24-21(26)16-6-4-15(5-7-16)18-10-11-23-20-9-8-17(14-19(18)20)22(27)25-12-2-3-13-25/h4-11,14H,2-3,12-13H2,1H3,(H,24,26). The van der Waals surface area contributed by atoms with E-state index in [2.05, 4.69) is 4.98 Å². The molecule has 2 amide bonds. The monoisotopic (exact) mass is 423 g/mol. The fraction of sp³-hybridized carbons (Fsp3) is 0.227. The normalized spacial score (nSPS) is 14.1. The lowest BCUT2D eigenvalue weighted by Gasteiger charge is -2.16.